The highest BCUT2D eigenvalue weighted by Gasteiger charge is 2.12. The second kappa shape index (κ2) is 11.4. The van der Waals surface area contributed by atoms with E-state index in [4.69, 9.17) is 4.74 Å². The standard InChI is InChI=1S/C25H27N3O3/c1-2-31-23-15-9-8-14-22(23)28-24(29)18-27-21-13-7-6-12-20(21)25(30)26-17-16-19-10-4-3-5-11-19/h3-15,27H,2,16-18H2,1H3,(H,26,30)(H,28,29). The van der Waals surface area contributed by atoms with Crippen LogP contribution in [0.3, 0.4) is 0 Å². The van der Waals surface area contributed by atoms with Crippen LogP contribution in [0, 0.1) is 0 Å². The number of benzene rings is 3. The van der Waals surface area contributed by atoms with Gasteiger partial charge in [-0.1, -0.05) is 54.6 Å². The Balaban J connectivity index is 1.55. The van der Waals surface area contributed by atoms with E-state index >= 15 is 0 Å². The maximum atomic E-state index is 12.6. The van der Waals surface area contributed by atoms with Crippen LogP contribution in [-0.2, 0) is 11.2 Å². The highest BCUT2D eigenvalue weighted by molar-refractivity contribution is 6.01. The Hall–Kier alpha value is -3.80. The third kappa shape index (κ3) is 6.60. The molecule has 160 valence electrons. The number of carbonyl (C=O) groups excluding carboxylic acids is 2. The topological polar surface area (TPSA) is 79.5 Å². The molecule has 0 spiro atoms. The van der Waals surface area contributed by atoms with E-state index < -0.39 is 0 Å². The molecule has 0 atom stereocenters. The molecule has 31 heavy (non-hydrogen) atoms. The maximum Gasteiger partial charge on any atom is 0.253 e. The summed E-state index contributed by atoms with van der Waals surface area (Å²) in [6.45, 7) is 2.96. The van der Waals surface area contributed by atoms with Crippen LogP contribution in [0.4, 0.5) is 11.4 Å². The van der Waals surface area contributed by atoms with Gasteiger partial charge in [0.25, 0.3) is 5.91 Å². The molecule has 0 bridgehead atoms. The third-order valence-corrected chi connectivity index (χ3v) is 4.61. The molecule has 0 saturated heterocycles. The van der Waals surface area contributed by atoms with Crippen molar-refractivity contribution in [1.29, 1.82) is 0 Å². The van der Waals surface area contributed by atoms with Crippen molar-refractivity contribution in [1.82, 2.24) is 5.32 Å². The Morgan fingerprint density at radius 2 is 1.52 bits per heavy atom. The zero-order valence-electron chi connectivity index (χ0n) is 17.6. The third-order valence-electron chi connectivity index (χ3n) is 4.61. The van der Waals surface area contributed by atoms with Gasteiger partial charge in [-0.2, -0.15) is 0 Å². The molecule has 3 rings (SSSR count). The molecule has 3 aromatic carbocycles. The summed E-state index contributed by atoms with van der Waals surface area (Å²) in [5, 5.41) is 8.84. The first-order valence-corrected chi connectivity index (χ1v) is 10.3. The van der Waals surface area contributed by atoms with E-state index in [0.717, 1.165) is 6.42 Å². The highest BCUT2D eigenvalue weighted by atomic mass is 16.5. The summed E-state index contributed by atoms with van der Waals surface area (Å²) in [4.78, 5) is 25.1. The molecule has 0 heterocycles. The molecule has 2 amide bonds. The van der Waals surface area contributed by atoms with E-state index in [1.165, 1.54) is 5.56 Å². The molecule has 6 heteroatoms. The minimum atomic E-state index is -0.230. The molecule has 0 aliphatic heterocycles. The van der Waals surface area contributed by atoms with Crippen LogP contribution < -0.4 is 20.7 Å². The molecule has 3 N–H and O–H groups in total. The van der Waals surface area contributed by atoms with Gasteiger partial charge in [-0.25, -0.2) is 0 Å². The van der Waals surface area contributed by atoms with Gasteiger partial charge in [-0.05, 0) is 43.2 Å². The van der Waals surface area contributed by atoms with Gasteiger partial charge in [0, 0.05) is 12.2 Å². The summed E-state index contributed by atoms with van der Waals surface area (Å²) in [5.41, 5.74) is 2.88. The summed E-state index contributed by atoms with van der Waals surface area (Å²) < 4.78 is 5.53. The molecular weight excluding hydrogens is 390 g/mol. The van der Waals surface area contributed by atoms with E-state index in [9.17, 15) is 9.59 Å². The Bertz CT molecular complexity index is 1010. The monoisotopic (exact) mass is 417 g/mol. The summed E-state index contributed by atoms with van der Waals surface area (Å²) in [7, 11) is 0. The number of carbonyl (C=O) groups is 2. The Morgan fingerprint density at radius 3 is 2.29 bits per heavy atom. The fraction of sp³-hybridized carbons (Fsp3) is 0.200. The summed E-state index contributed by atoms with van der Waals surface area (Å²) >= 11 is 0. The predicted molar refractivity (Wildman–Crippen MR) is 124 cm³/mol. The van der Waals surface area contributed by atoms with Crippen molar-refractivity contribution in [3.63, 3.8) is 0 Å². The second-order valence-electron chi connectivity index (χ2n) is 6.87. The van der Waals surface area contributed by atoms with Gasteiger partial charge < -0.3 is 20.7 Å². The van der Waals surface area contributed by atoms with Gasteiger partial charge >= 0.3 is 0 Å². The number of hydrogen-bond acceptors (Lipinski definition) is 4. The number of ether oxygens (including phenoxy) is 1. The van der Waals surface area contributed by atoms with Gasteiger partial charge in [-0.3, -0.25) is 9.59 Å². The highest BCUT2D eigenvalue weighted by Crippen LogP contribution is 2.23. The lowest BCUT2D eigenvalue weighted by Gasteiger charge is -2.14. The fourth-order valence-electron chi connectivity index (χ4n) is 3.12. The molecule has 0 fully saturated rings. The zero-order chi connectivity index (χ0) is 21.9. The van der Waals surface area contributed by atoms with Crippen molar-refractivity contribution in [2.75, 3.05) is 30.3 Å². The first-order chi connectivity index (χ1) is 15.2. The molecule has 0 saturated carbocycles. The van der Waals surface area contributed by atoms with Crippen LogP contribution in [0.15, 0.2) is 78.9 Å². The lowest BCUT2D eigenvalue weighted by atomic mass is 10.1. The normalized spacial score (nSPS) is 10.2. The van der Waals surface area contributed by atoms with Crippen molar-refractivity contribution >= 4 is 23.2 Å². The van der Waals surface area contributed by atoms with Gasteiger partial charge in [0.15, 0.2) is 0 Å². The fourth-order valence-corrected chi connectivity index (χ4v) is 3.12. The van der Waals surface area contributed by atoms with Crippen LogP contribution in [0.1, 0.15) is 22.8 Å². The van der Waals surface area contributed by atoms with Gasteiger partial charge in [0.1, 0.15) is 5.75 Å². The summed E-state index contributed by atoms with van der Waals surface area (Å²) in [5.74, 6) is 0.212. The van der Waals surface area contributed by atoms with Crippen molar-refractivity contribution in [2.45, 2.75) is 13.3 Å². The maximum absolute atomic E-state index is 12.6. The SMILES string of the molecule is CCOc1ccccc1NC(=O)CNc1ccccc1C(=O)NCCc1ccccc1. The lowest BCUT2D eigenvalue weighted by molar-refractivity contribution is -0.114. The van der Waals surface area contributed by atoms with Gasteiger partial charge in [0.05, 0.1) is 24.4 Å². The van der Waals surface area contributed by atoms with Crippen LogP contribution in [0.25, 0.3) is 0 Å². The number of rotatable bonds is 10. The van der Waals surface area contributed by atoms with Crippen LogP contribution >= 0.6 is 0 Å². The molecule has 0 radical (unpaired) electrons. The van der Waals surface area contributed by atoms with Crippen molar-refractivity contribution in [2.24, 2.45) is 0 Å². The first kappa shape index (κ1) is 21.9. The average Bonchev–Trinajstić information content (AvgIpc) is 2.80. The van der Waals surface area contributed by atoms with E-state index in [1.807, 2.05) is 61.5 Å². The lowest BCUT2D eigenvalue weighted by Crippen LogP contribution is -2.28. The number of para-hydroxylation sites is 3. The molecule has 0 aliphatic carbocycles. The first-order valence-electron chi connectivity index (χ1n) is 10.3. The number of amides is 2. The van der Waals surface area contributed by atoms with Crippen molar-refractivity contribution in [3.05, 3.63) is 90.0 Å². The minimum absolute atomic E-state index is 0.0226. The quantitative estimate of drug-likeness (QED) is 0.464. The van der Waals surface area contributed by atoms with E-state index in [0.29, 0.717) is 35.8 Å². The molecule has 0 aliphatic rings. The summed E-state index contributed by atoms with van der Waals surface area (Å²) in [6, 6.07) is 24.4. The van der Waals surface area contributed by atoms with Crippen LogP contribution in [-0.4, -0.2) is 31.5 Å². The molecule has 0 aromatic heterocycles. The van der Waals surface area contributed by atoms with E-state index in [-0.39, 0.29) is 18.4 Å². The zero-order valence-corrected chi connectivity index (χ0v) is 17.6. The van der Waals surface area contributed by atoms with Crippen molar-refractivity contribution < 1.29 is 14.3 Å². The smallest absolute Gasteiger partial charge is 0.253 e. The largest absolute Gasteiger partial charge is 0.492 e. The summed E-state index contributed by atoms with van der Waals surface area (Å²) in [6.07, 6.45) is 0.754. The average molecular weight is 418 g/mol. The van der Waals surface area contributed by atoms with E-state index in [1.54, 1.807) is 24.3 Å². The number of hydrogen-bond donors (Lipinski definition) is 3. The Labute approximate surface area is 182 Å². The molecular formula is C25H27N3O3. The molecule has 3 aromatic rings. The van der Waals surface area contributed by atoms with Gasteiger partial charge in [-0.15, -0.1) is 0 Å². The minimum Gasteiger partial charge on any atom is -0.492 e. The predicted octanol–water partition coefficient (Wildman–Crippen LogP) is 4.11. The Kier molecular flexibility index (Phi) is 8.05. The number of nitrogens with one attached hydrogen (secondary N) is 3. The van der Waals surface area contributed by atoms with Crippen LogP contribution in [0.2, 0.25) is 0 Å². The van der Waals surface area contributed by atoms with E-state index in [2.05, 4.69) is 16.0 Å². The van der Waals surface area contributed by atoms with Crippen molar-refractivity contribution in [3.8, 4) is 5.75 Å². The molecule has 6 nitrogen and oxygen atoms in total. The van der Waals surface area contributed by atoms with Gasteiger partial charge in [0.2, 0.25) is 5.91 Å². The second-order valence-corrected chi connectivity index (χ2v) is 6.87. The Morgan fingerprint density at radius 1 is 0.839 bits per heavy atom. The molecule has 0 unspecified atom stereocenters. The van der Waals surface area contributed by atoms with Crippen LogP contribution in [0.5, 0.6) is 5.75 Å². The number of anilines is 2.